The van der Waals surface area contributed by atoms with Gasteiger partial charge in [0.2, 0.25) is 0 Å². The molecule has 10 aromatic rings. The van der Waals surface area contributed by atoms with Crippen molar-refractivity contribution in [2.75, 3.05) is 0 Å². The predicted octanol–water partition coefficient (Wildman–Crippen LogP) is 14.4. The Morgan fingerprint density at radius 2 is 0.931 bits per heavy atom. The minimum Gasteiger partial charge on any atom is -0.309 e. The molecule has 0 unspecified atom stereocenters. The summed E-state index contributed by atoms with van der Waals surface area (Å²) in [4.78, 5) is 0. The smallest absolute Gasteiger partial charge is 0.309 e. The lowest BCUT2D eigenvalue weighted by Gasteiger charge is -2.21. The normalized spacial score (nSPS) is 11.9. The molecule has 0 aliphatic heterocycles. The average molecular weight is 758 g/mol. The fourth-order valence-electron chi connectivity index (χ4n) is 8.53. The summed E-state index contributed by atoms with van der Waals surface area (Å²) in [6, 6.07) is 57.0. The topological polar surface area (TPSA) is 33.6 Å². The van der Waals surface area contributed by atoms with Gasteiger partial charge < -0.3 is 9.13 Å². The molecule has 0 N–H and O–H groups in total. The number of rotatable bonds is 5. The van der Waals surface area contributed by atoms with Crippen molar-refractivity contribution in [3.63, 3.8) is 0 Å². The molecule has 0 amide bonds. The highest BCUT2D eigenvalue weighted by Crippen LogP contribution is 2.45. The van der Waals surface area contributed by atoms with Crippen LogP contribution in [-0.4, -0.2) is 9.13 Å². The number of nitriles is 1. The Bertz CT molecular complexity index is 3290. The number of aryl methyl sites for hydroxylation is 2. The highest BCUT2D eigenvalue weighted by Gasteiger charge is 2.33. The number of hydrogen-bond donors (Lipinski definition) is 0. The quantitative estimate of drug-likeness (QED) is 0.172. The summed E-state index contributed by atoms with van der Waals surface area (Å²) in [5, 5.41) is 14.7. The van der Waals surface area contributed by atoms with Crippen molar-refractivity contribution in [3.8, 4) is 50.8 Å². The molecule has 0 fully saturated rings. The number of aromatic nitrogens is 2. The van der Waals surface area contributed by atoms with E-state index in [9.17, 15) is 18.4 Å². The third-order valence-electron chi connectivity index (χ3n) is 11.4. The van der Waals surface area contributed by atoms with E-state index in [1.54, 1.807) is 18.2 Å². The van der Waals surface area contributed by atoms with Crippen molar-refractivity contribution in [1.29, 1.82) is 5.26 Å². The van der Waals surface area contributed by atoms with Crippen LogP contribution in [0.4, 0.5) is 13.2 Å². The molecule has 0 saturated heterocycles. The third kappa shape index (κ3) is 5.66. The molecule has 10 rings (SSSR count). The number of alkyl halides is 3. The van der Waals surface area contributed by atoms with Gasteiger partial charge in [0.05, 0.1) is 50.6 Å². The molecule has 0 radical (unpaired) electrons. The second-order valence-electron chi connectivity index (χ2n) is 14.9. The van der Waals surface area contributed by atoms with Gasteiger partial charge in [-0.15, -0.1) is 0 Å². The Kier molecular flexibility index (Phi) is 8.10. The summed E-state index contributed by atoms with van der Waals surface area (Å²) in [5.74, 6) is 0. The molecule has 2 aromatic heterocycles. The minimum atomic E-state index is -4.63. The Morgan fingerprint density at radius 1 is 0.448 bits per heavy atom. The van der Waals surface area contributed by atoms with Gasteiger partial charge >= 0.3 is 6.18 Å². The highest BCUT2D eigenvalue weighted by molar-refractivity contribution is 6.13. The second-order valence-corrected chi connectivity index (χ2v) is 14.9. The van der Waals surface area contributed by atoms with Gasteiger partial charge in [-0.05, 0) is 103 Å². The van der Waals surface area contributed by atoms with E-state index in [1.807, 2.05) is 53.1 Å². The van der Waals surface area contributed by atoms with Crippen molar-refractivity contribution in [2.24, 2.45) is 0 Å². The average Bonchev–Trinajstić information content (AvgIpc) is 3.75. The summed E-state index contributed by atoms with van der Waals surface area (Å²) in [5.41, 5.74) is 11.4. The van der Waals surface area contributed by atoms with Crippen LogP contribution in [0.25, 0.3) is 88.4 Å². The maximum absolute atomic E-state index is 14.8. The zero-order valence-electron chi connectivity index (χ0n) is 31.6. The van der Waals surface area contributed by atoms with Gasteiger partial charge in [0.1, 0.15) is 0 Å². The zero-order valence-corrected chi connectivity index (χ0v) is 31.6. The van der Waals surface area contributed by atoms with E-state index >= 15 is 0 Å². The number of benzene rings is 8. The predicted molar refractivity (Wildman–Crippen MR) is 231 cm³/mol. The Hall–Kier alpha value is -7.36. The Balaban J connectivity index is 1.27. The van der Waals surface area contributed by atoms with E-state index in [4.69, 9.17) is 0 Å². The first-order valence-corrected chi connectivity index (χ1v) is 19.1. The SMILES string of the molecule is Cc1ccc(-c2ccc3c(c2)c2ccccc2n3-c2ccc(C(F)(F)F)cc2-c2c(C#N)cccc2-n2c3ccccc3c3cc(-c4ccc(C)cc4)ccc32)cc1. The van der Waals surface area contributed by atoms with Crippen LogP contribution in [0.5, 0.6) is 0 Å². The Morgan fingerprint density at radius 3 is 1.45 bits per heavy atom. The molecule has 58 heavy (non-hydrogen) atoms. The van der Waals surface area contributed by atoms with Crippen LogP contribution >= 0.6 is 0 Å². The second kappa shape index (κ2) is 13.4. The maximum atomic E-state index is 14.8. The van der Waals surface area contributed by atoms with Crippen LogP contribution in [0.1, 0.15) is 22.3 Å². The van der Waals surface area contributed by atoms with Crippen molar-refractivity contribution in [2.45, 2.75) is 20.0 Å². The van der Waals surface area contributed by atoms with Gasteiger partial charge in [0.25, 0.3) is 0 Å². The van der Waals surface area contributed by atoms with E-state index in [0.29, 0.717) is 22.5 Å². The van der Waals surface area contributed by atoms with Crippen molar-refractivity contribution < 1.29 is 13.2 Å². The molecule has 0 bridgehead atoms. The fourth-order valence-corrected chi connectivity index (χ4v) is 8.53. The van der Waals surface area contributed by atoms with Gasteiger partial charge in [-0.1, -0.05) is 114 Å². The van der Waals surface area contributed by atoms with Gasteiger partial charge in [-0.25, -0.2) is 0 Å². The number of hydrogen-bond acceptors (Lipinski definition) is 1. The first kappa shape index (κ1) is 35.1. The molecule has 2 heterocycles. The van der Waals surface area contributed by atoms with Crippen LogP contribution in [0.2, 0.25) is 0 Å². The summed E-state index contributed by atoms with van der Waals surface area (Å²) in [6.07, 6.45) is -4.63. The molecule has 0 spiro atoms. The summed E-state index contributed by atoms with van der Waals surface area (Å²) < 4.78 is 48.5. The van der Waals surface area contributed by atoms with Crippen LogP contribution < -0.4 is 0 Å². The van der Waals surface area contributed by atoms with Crippen molar-refractivity contribution in [1.82, 2.24) is 9.13 Å². The van der Waals surface area contributed by atoms with E-state index in [-0.39, 0.29) is 5.56 Å². The summed E-state index contributed by atoms with van der Waals surface area (Å²) in [7, 11) is 0. The number of para-hydroxylation sites is 2. The number of fused-ring (bicyclic) bond motifs is 6. The van der Waals surface area contributed by atoms with Crippen LogP contribution in [0.3, 0.4) is 0 Å². The van der Waals surface area contributed by atoms with Crippen LogP contribution in [0.15, 0.2) is 170 Å². The zero-order chi connectivity index (χ0) is 39.7. The fraction of sp³-hybridized carbons (Fsp3) is 0.0577. The molecule has 8 aromatic carbocycles. The van der Waals surface area contributed by atoms with Gasteiger partial charge in [-0.3, -0.25) is 0 Å². The van der Waals surface area contributed by atoms with Crippen molar-refractivity contribution >= 4 is 43.6 Å². The lowest BCUT2D eigenvalue weighted by Crippen LogP contribution is -2.08. The van der Waals surface area contributed by atoms with Gasteiger partial charge in [-0.2, -0.15) is 18.4 Å². The molecular weight excluding hydrogens is 724 g/mol. The minimum absolute atomic E-state index is 0.266. The van der Waals surface area contributed by atoms with Crippen molar-refractivity contribution in [3.05, 3.63) is 192 Å². The van der Waals surface area contributed by atoms with Crippen LogP contribution in [-0.2, 0) is 6.18 Å². The molecular formula is C52H34F3N3. The van der Waals surface area contributed by atoms with E-state index in [1.165, 1.54) is 17.2 Å². The Labute approximate surface area is 333 Å². The summed E-state index contributed by atoms with van der Waals surface area (Å²) in [6.45, 7) is 4.12. The van der Waals surface area contributed by atoms with E-state index in [2.05, 4.69) is 115 Å². The molecule has 3 nitrogen and oxygen atoms in total. The maximum Gasteiger partial charge on any atom is 0.416 e. The summed E-state index contributed by atoms with van der Waals surface area (Å²) >= 11 is 0. The largest absolute Gasteiger partial charge is 0.416 e. The molecule has 0 atom stereocenters. The molecule has 6 heteroatoms. The number of halogens is 3. The first-order valence-electron chi connectivity index (χ1n) is 19.1. The number of nitrogens with zero attached hydrogens (tertiary/aromatic N) is 3. The molecule has 278 valence electrons. The third-order valence-corrected chi connectivity index (χ3v) is 11.4. The lowest BCUT2D eigenvalue weighted by molar-refractivity contribution is -0.137. The van der Waals surface area contributed by atoms with Gasteiger partial charge in [0, 0.05) is 32.7 Å². The molecule has 0 aliphatic rings. The van der Waals surface area contributed by atoms with E-state index < -0.39 is 11.7 Å². The molecule has 0 aliphatic carbocycles. The lowest BCUT2D eigenvalue weighted by atomic mass is 9.94. The molecule has 0 saturated carbocycles. The monoisotopic (exact) mass is 757 g/mol. The van der Waals surface area contributed by atoms with E-state index in [0.717, 1.165) is 71.9 Å². The first-order chi connectivity index (χ1) is 28.2. The van der Waals surface area contributed by atoms with Crippen LogP contribution in [0, 0.1) is 25.2 Å². The highest BCUT2D eigenvalue weighted by atomic mass is 19.4. The van der Waals surface area contributed by atoms with Gasteiger partial charge in [0.15, 0.2) is 0 Å². The standard InChI is InChI=1S/C52H34F3N3/c1-32-14-18-34(19-15-32)36-22-25-47-42(28-36)40-9-3-5-11-45(40)57(47)49-27-24-39(52(53,54)55)30-44(49)51-38(31-56)8-7-13-50(51)58-46-12-6-4-10-41(46)43-29-37(23-26-48(43)58)35-20-16-33(2)17-21-35/h3-30H,1-2H3.